The minimum Gasteiger partial charge on any atom is -0.480 e. The lowest BCUT2D eigenvalue weighted by atomic mass is 9.98. The van der Waals surface area contributed by atoms with Gasteiger partial charge in [-0.3, -0.25) is 9.59 Å². The molecular formula is C27H29N3O7. The summed E-state index contributed by atoms with van der Waals surface area (Å²) in [7, 11) is 0. The molecule has 0 saturated carbocycles. The maximum atomic E-state index is 13.1. The zero-order valence-corrected chi connectivity index (χ0v) is 20.2. The average molecular weight is 508 g/mol. The number of carbonyl (C=O) groups excluding carboxylic acids is 3. The van der Waals surface area contributed by atoms with E-state index >= 15 is 0 Å². The fourth-order valence-corrected chi connectivity index (χ4v) is 5.73. The van der Waals surface area contributed by atoms with Gasteiger partial charge in [-0.15, -0.1) is 0 Å². The van der Waals surface area contributed by atoms with Crippen LogP contribution in [0, 0.1) is 0 Å². The number of aliphatic hydroxyl groups is 1. The SMILES string of the molecule is O=C(NCC(=O)N1CCC[C@@H]1C(=O)N1[C@@H](O)CC[C@H]1C(=O)O)OCC1c2ccccc2-c2ccccc21. The lowest BCUT2D eigenvalue weighted by Crippen LogP contribution is -2.54. The molecule has 194 valence electrons. The predicted molar refractivity (Wildman–Crippen MR) is 131 cm³/mol. The summed E-state index contributed by atoms with van der Waals surface area (Å²) in [6, 6.07) is 14.0. The number of nitrogens with one attached hydrogen (secondary N) is 1. The Bertz CT molecular complexity index is 1190. The van der Waals surface area contributed by atoms with Gasteiger partial charge in [0.15, 0.2) is 0 Å². The zero-order chi connectivity index (χ0) is 26.1. The molecule has 37 heavy (non-hydrogen) atoms. The van der Waals surface area contributed by atoms with Gasteiger partial charge in [0, 0.05) is 12.5 Å². The van der Waals surface area contributed by atoms with Gasteiger partial charge in [0.2, 0.25) is 11.8 Å². The Morgan fingerprint density at radius 1 is 0.919 bits per heavy atom. The number of fused-ring (bicyclic) bond motifs is 3. The maximum Gasteiger partial charge on any atom is 0.407 e. The number of hydrogen-bond donors (Lipinski definition) is 3. The summed E-state index contributed by atoms with van der Waals surface area (Å²) in [5.74, 6) is -2.34. The van der Waals surface area contributed by atoms with Crippen molar-refractivity contribution in [3.05, 3.63) is 59.7 Å². The summed E-state index contributed by atoms with van der Waals surface area (Å²) >= 11 is 0. The molecule has 0 radical (unpaired) electrons. The summed E-state index contributed by atoms with van der Waals surface area (Å²) in [5.41, 5.74) is 4.38. The Balaban J connectivity index is 1.17. The monoisotopic (exact) mass is 507 g/mol. The molecule has 2 fully saturated rings. The van der Waals surface area contributed by atoms with E-state index in [0.29, 0.717) is 19.4 Å². The Hall–Kier alpha value is -3.92. The van der Waals surface area contributed by atoms with Gasteiger partial charge in [-0.2, -0.15) is 0 Å². The number of alkyl carbamates (subject to hydrolysis) is 1. The van der Waals surface area contributed by atoms with E-state index in [1.807, 2.05) is 48.5 Å². The van der Waals surface area contributed by atoms with Gasteiger partial charge in [0.05, 0.1) is 0 Å². The van der Waals surface area contributed by atoms with Crippen LogP contribution in [0.3, 0.4) is 0 Å². The van der Waals surface area contributed by atoms with Crippen molar-refractivity contribution in [3.8, 4) is 11.1 Å². The lowest BCUT2D eigenvalue weighted by Gasteiger charge is -2.31. The second-order valence-corrected chi connectivity index (χ2v) is 9.58. The second-order valence-electron chi connectivity index (χ2n) is 9.58. The Labute approximate surface area is 213 Å². The molecule has 10 nitrogen and oxygen atoms in total. The molecule has 2 aliphatic heterocycles. The van der Waals surface area contributed by atoms with Crippen LogP contribution >= 0.6 is 0 Å². The highest BCUT2D eigenvalue weighted by Gasteiger charge is 2.45. The van der Waals surface area contributed by atoms with E-state index in [1.54, 1.807) is 0 Å². The van der Waals surface area contributed by atoms with Gasteiger partial charge < -0.3 is 30.1 Å². The molecule has 3 atom stereocenters. The molecule has 2 heterocycles. The summed E-state index contributed by atoms with van der Waals surface area (Å²) < 4.78 is 5.47. The highest BCUT2D eigenvalue weighted by molar-refractivity contribution is 5.92. The average Bonchev–Trinajstić information content (AvgIpc) is 3.62. The summed E-state index contributed by atoms with van der Waals surface area (Å²) in [6.45, 7) is 0.0664. The predicted octanol–water partition coefficient (Wildman–Crippen LogP) is 1.91. The van der Waals surface area contributed by atoms with E-state index in [-0.39, 0.29) is 31.9 Å². The van der Waals surface area contributed by atoms with Crippen LogP contribution in [0.5, 0.6) is 0 Å². The summed E-state index contributed by atoms with van der Waals surface area (Å²) in [6.07, 6.45) is -0.665. The van der Waals surface area contributed by atoms with Gasteiger partial charge in [-0.05, 0) is 47.9 Å². The Morgan fingerprint density at radius 3 is 2.22 bits per heavy atom. The fourth-order valence-electron chi connectivity index (χ4n) is 5.73. The topological polar surface area (TPSA) is 136 Å². The third-order valence-electron chi connectivity index (χ3n) is 7.48. The van der Waals surface area contributed by atoms with Crippen molar-refractivity contribution < 1.29 is 34.1 Å². The van der Waals surface area contributed by atoms with Crippen LogP contribution in [0.4, 0.5) is 4.79 Å². The first-order valence-electron chi connectivity index (χ1n) is 12.5. The molecule has 2 aromatic carbocycles. The largest absolute Gasteiger partial charge is 0.480 e. The molecule has 0 spiro atoms. The first-order valence-corrected chi connectivity index (χ1v) is 12.5. The number of aliphatic carboxylic acids is 1. The minimum absolute atomic E-state index is 0.108. The molecule has 10 heteroatoms. The molecule has 0 aromatic heterocycles. The molecule has 3 amide bonds. The third-order valence-corrected chi connectivity index (χ3v) is 7.48. The fraction of sp³-hybridized carbons (Fsp3) is 0.407. The standard InChI is InChI=1S/C27H29N3O7/c31-23-12-11-22(26(34)35)30(23)25(33)21-10-5-13-29(21)24(32)14-28-27(36)37-15-20-18-8-3-1-6-16(18)17-7-2-4-9-19(17)20/h1-4,6-9,20-23,31H,5,10-15H2,(H,28,36)(H,34,35)/t21-,22+,23+/m1/s1. The smallest absolute Gasteiger partial charge is 0.407 e. The summed E-state index contributed by atoms with van der Waals surface area (Å²) in [5, 5.41) is 22.1. The molecular weight excluding hydrogens is 478 g/mol. The number of ether oxygens (including phenoxy) is 1. The van der Waals surface area contributed by atoms with Gasteiger partial charge in [0.1, 0.15) is 31.5 Å². The molecule has 0 bridgehead atoms. The van der Waals surface area contributed by atoms with Crippen LogP contribution in [0.25, 0.3) is 11.1 Å². The highest BCUT2D eigenvalue weighted by atomic mass is 16.5. The van der Waals surface area contributed by atoms with E-state index < -0.39 is 42.2 Å². The number of carboxylic acids is 1. The number of aliphatic hydroxyl groups excluding tert-OH is 1. The number of nitrogens with zero attached hydrogens (tertiary/aromatic N) is 2. The highest BCUT2D eigenvalue weighted by Crippen LogP contribution is 2.44. The first kappa shape index (κ1) is 24.8. The zero-order valence-electron chi connectivity index (χ0n) is 20.2. The van der Waals surface area contributed by atoms with Crippen LogP contribution in [-0.2, 0) is 19.1 Å². The molecule has 2 aromatic rings. The number of hydrogen-bond acceptors (Lipinski definition) is 6. The van der Waals surface area contributed by atoms with Crippen LogP contribution in [0.2, 0.25) is 0 Å². The van der Waals surface area contributed by atoms with Crippen molar-refractivity contribution in [1.29, 1.82) is 0 Å². The van der Waals surface area contributed by atoms with Crippen molar-refractivity contribution in [3.63, 3.8) is 0 Å². The Morgan fingerprint density at radius 2 is 1.57 bits per heavy atom. The number of amides is 3. The van der Waals surface area contributed by atoms with Crippen LogP contribution in [0.15, 0.2) is 48.5 Å². The van der Waals surface area contributed by atoms with Crippen LogP contribution in [0.1, 0.15) is 42.7 Å². The van der Waals surface area contributed by atoms with E-state index in [0.717, 1.165) is 27.2 Å². The van der Waals surface area contributed by atoms with E-state index in [2.05, 4.69) is 5.32 Å². The molecule has 1 aliphatic carbocycles. The lowest BCUT2D eigenvalue weighted by molar-refractivity contribution is -0.158. The number of carbonyl (C=O) groups is 4. The van der Waals surface area contributed by atoms with Gasteiger partial charge >= 0.3 is 12.1 Å². The van der Waals surface area contributed by atoms with Crippen molar-refractivity contribution in [1.82, 2.24) is 15.1 Å². The molecule has 3 N–H and O–H groups in total. The van der Waals surface area contributed by atoms with Gasteiger partial charge in [0.25, 0.3) is 0 Å². The molecule has 3 aliphatic rings. The number of rotatable bonds is 6. The quantitative estimate of drug-likeness (QED) is 0.543. The van der Waals surface area contributed by atoms with E-state index in [4.69, 9.17) is 4.74 Å². The second kappa shape index (κ2) is 10.2. The van der Waals surface area contributed by atoms with Gasteiger partial charge in [-0.1, -0.05) is 48.5 Å². The number of benzene rings is 2. The van der Waals surface area contributed by atoms with Crippen LogP contribution < -0.4 is 5.32 Å². The molecule has 5 rings (SSSR count). The van der Waals surface area contributed by atoms with Crippen molar-refractivity contribution in [2.45, 2.75) is 49.9 Å². The van der Waals surface area contributed by atoms with Crippen LogP contribution in [-0.4, -0.2) is 81.9 Å². The van der Waals surface area contributed by atoms with Crippen molar-refractivity contribution in [2.24, 2.45) is 0 Å². The normalized spacial score (nSPS) is 22.5. The number of likely N-dealkylation sites (tertiary alicyclic amines) is 2. The first-order chi connectivity index (χ1) is 17.9. The van der Waals surface area contributed by atoms with Gasteiger partial charge in [-0.25, -0.2) is 9.59 Å². The third kappa shape index (κ3) is 4.64. The molecule has 2 saturated heterocycles. The summed E-state index contributed by atoms with van der Waals surface area (Å²) in [4.78, 5) is 52.2. The van der Waals surface area contributed by atoms with E-state index in [9.17, 15) is 29.4 Å². The van der Waals surface area contributed by atoms with Crippen molar-refractivity contribution in [2.75, 3.05) is 19.7 Å². The maximum absolute atomic E-state index is 13.1. The van der Waals surface area contributed by atoms with E-state index in [1.165, 1.54) is 4.90 Å². The molecule has 0 unspecified atom stereocenters. The van der Waals surface area contributed by atoms with Crippen molar-refractivity contribution >= 4 is 23.9 Å². The Kier molecular flexibility index (Phi) is 6.84. The minimum atomic E-state index is -1.19. The number of carboxylic acid groups (broad SMARTS) is 1.